The van der Waals surface area contributed by atoms with Crippen molar-refractivity contribution in [2.24, 2.45) is 10.2 Å². The zero-order valence-electron chi connectivity index (χ0n) is 15.5. The standard InChI is InChI=1S/C20H19N3O5S/c1-27-15-9-5-8-14(18(15)28-12-13-6-3-2-4-7-13)11-21-23-20-22-19(26)16(29-20)10-17(24)25/h2-9,11,16H,10,12H2,1H3,(H,24,25)(H,22,23,26)/p-1/b21-11-/t16-/m0/s1. The molecule has 1 aliphatic heterocycles. The predicted octanol–water partition coefficient (Wildman–Crippen LogP) is 1.34. The molecular weight excluding hydrogens is 394 g/mol. The first-order chi connectivity index (χ1) is 14.1. The highest BCUT2D eigenvalue weighted by atomic mass is 32.2. The van der Waals surface area contributed by atoms with Gasteiger partial charge in [0.25, 0.3) is 0 Å². The van der Waals surface area contributed by atoms with E-state index >= 15 is 0 Å². The van der Waals surface area contributed by atoms with Gasteiger partial charge in [-0.15, -0.1) is 5.10 Å². The summed E-state index contributed by atoms with van der Waals surface area (Å²) in [5.41, 5.74) is 1.65. The van der Waals surface area contributed by atoms with Crippen molar-refractivity contribution in [3.63, 3.8) is 0 Å². The molecule has 0 radical (unpaired) electrons. The molecule has 0 saturated carbocycles. The fraction of sp³-hybridized carbons (Fsp3) is 0.200. The number of carboxylic acid groups (broad SMARTS) is 1. The van der Waals surface area contributed by atoms with Crippen molar-refractivity contribution in [2.45, 2.75) is 18.3 Å². The van der Waals surface area contributed by atoms with E-state index in [1.165, 1.54) is 6.21 Å². The molecule has 8 nitrogen and oxygen atoms in total. The van der Waals surface area contributed by atoms with E-state index in [1.807, 2.05) is 30.3 Å². The molecule has 3 rings (SSSR count). The molecule has 2 aromatic rings. The number of carbonyl (C=O) groups is 2. The molecule has 1 atom stereocenters. The summed E-state index contributed by atoms with van der Waals surface area (Å²) in [6, 6.07) is 15.1. The van der Waals surface area contributed by atoms with Crippen LogP contribution in [0.5, 0.6) is 11.5 Å². The summed E-state index contributed by atoms with van der Waals surface area (Å²) in [5.74, 6) is -0.656. The Hall–Kier alpha value is -3.33. The molecule has 0 spiro atoms. The topological polar surface area (TPSA) is 112 Å². The van der Waals surface area contributed by atoms with Crippen molar-refractivity contribution in [1.29, 1.82) is 0 Å². The van der Waals surface area contributed by atoms with Gasteiger partial charge in [-0.2, -0.15) is 5.10 Å². The lowest BCUT2D eigenvalue weighted by Gasteiger charge is -2.13. The van der Waals surface area contributed by atoms with Gasteiger partial charge in [-0.1, -0.05) is 48.2 Å². The van der Waals surface area contributed by atoms with E-state index in [4.69, 9.17) is 9.47 Å². The molecule has 1 amide bonds. The number of thioether (sulfide) groups is 1. The summed E-state index contributed by atoms with van der Waals surface area (Å²) in [6.45, 7) is 0.355. The highest BCUT2D eigenvalue weighted by Crippen LogP contribution is 2.31. The highest BCUT2D eigenvalue weighted by Gasteiger charge is 2.30. The fourth-order valence-electron chi connectivity index (χ4n) is 2.56. The van der Waals surface area contributed by atoms with Crippen LogP contribution in [0.25, 0.3) is 0 Å². The van der Waals surface area contributed by atoms with Crippen LogP contribution < -0.4 is 19.9 Å². The summed E-state index contributed by atoms with van der Waals surface area (Å²) < 4.78 is 11.3. The lowest BCUT2D eigenvalue weighted by molar-refractivity contribution is -0.305. The number of nitrogens with zero attached hydrogens (tertiary/aromatic N) is 2. The fourth-order valence-corrected chi connectivity index (χ4v) is 3.47. The minimum Gasteiger partial charge on any atom is -0.550 e. The number of hydrogen-bond donors (Lipinski definition) is 1. The largest absolute Gasteiger partial charge is 0.550 e. The van der Waals surface area contributed by atoms with Crippen LogP contribution in [0.15, 0.2) is 58.7 Å². The molecule has 1 saturated heterocycles. The number of benzene rings is 2. The number of methoxy groups -OCH3 is 1. The molecule has 150 valence electrons. The SMILES string of the molecule is COc1cccc(/C=N\N=C2/NC(=O)[C@H](CC(=O)[O-])S2)c1OCc1ccccc1. The Bertz CT molecular complexity index is 946. The summed E-state index contributed by atoms with van der Waals surface area (Å²) in [4.78, 5) is 22.4. The molecule has 1 aliphatic rings. The van der Waals surface area contributed by atoms with Crippen LogP contribution in [0.2, 0.25) is 0 Å². The first kappa shape index (κ1) is 20.4. The van der Waals surface area contributed by atoms with Gasteiger partial charge in [-0.05, 0) is 17.7 Å². The molecule has 29 heavy (non-hydrogen) atoms. The van der Waals surface area contributed by atoms with Crippen molar-refractivity contribution in [2.75, 3.05) is 7.11 Å². The van der Waals surface area contributed by atoms with Gasteiger partial charge in [0.15, 0.2) is 16.7 Å². The number of carbonyl (C=O) groups excluding carboxylic acids is 2. The third-order valence-corrected chi connectivity index (χ3v) is 5.00. The van der Waals surface area contributed by atoms with Gasteiger partial charge in [0.1, 0.15) is 6.61 Å². The maximum absolute atomic E-state index is 11.7. The summed E-state index contributed by atoms with van der Waals surface area (Å²) >= 11 is 1.00. The van der Waals surface area contributed by atoms with E-state index in [0.29, 0.717) is 23.7 Å². The van der Waals surface area contributed by atoms with Gasteiger partial charge in [-0.3, -0.25) is 4.79 Å². The molecule has 2 aromatic carbocycles. The van der Waals surface area contributed by atoms with E-state index in [1.54, 1.807) is 25.3 Å². The second-order valence-corrected chi connectivity index (χ2v) is 7.17. The van der Waals surface area contributed by atoms with E-state index in [0.717, 1.165) is 17.3 Å². The molecule has 0 aromatic heterocycles. The Morgan fingerprint density at radius 2 is 2.03 bits per heavy atom. The van der Waals surface area contributed by atoms with Gasteiger partial charge in [0.05, 0.1) is 18.6 Å². The number of ether oxygens (including phenoxy) is 2. The number of para-hydroxylation sites is 1. The highest BCUT2D eigenvalue weighted by molar-refractivity contribution is 8.15. The van der Waals surface area contributed by atoms with Crippen LogP contribution in [-0.2, 0) is 16.2 Å². The number of nitrogens with one attached hydrogen (secondary N) is 1. The number of carboxylic acids is 1. The first-order valence-corrected chi connectivity index (χ1v) is 9.57. The summed E-state index contributed by atoms with van der Waals surface area (Å²) in [5, 5.41) is 20.6. The van der Waals surface area contributed by atoms with Crippen molar-refractivity contribution in [3.8, 4) is 11.5 Å². The number of rotatable bonds is 8. The molecule has 0 unspecified atom stereocenters. The number of aliphatic carboxylic acids is 1. The zero-order chi connectivity index (χ0) is 20.6. The zero-order valence-corrected chi connectivity index (χ0v) is 16.3. The molecule has 9 heteroatoms. The second-order valence-electron chi connectivity index (χ2n) is 5.97. The van der Waals surface area contributed by atoms with Gasteiger partial charge in [0.2, 0.25) is 5.91 Å². The first-order valence-electron chi connectivity index (χ1n) is 8.69. The molecule has 0 bridgehead atoms. The Labute approximate surface area is 171 Å². The van der Waals surface area contributed by atoms with Crippen LogP contribution in [0.4, 0.5) is 0 Å². The molecule has 1 fully saturated rings. The minimum atomic E-state index is -1.29. The van der Waals surface area contributed by atoms with Gasteiger partial charge in [-0.25, -0.2) is 0 Å². The van der Waals surface area contributed by atoms with Crippen LogP contribution in [0, 0.1) is 0 Å². The number of amides is 1. The maximum atomic E-state index is 11.7. The molecule has 1 N–H and O–H groups in total. The van der Waals surface area contributed by atoms with Crippen LogP contribution in [0.3, 0.4) is 0 Å². The van der Waals surface area contributed by atoms with Gasteiger partial charge in [0, 0.05) is 18.0 Å². The minimum absolute atomic E-state index is 0.229. The smallest absolute Gasteiger partial charge is 0.239 e. The van der Waals surface area contributed by atoms with Gasteiger partial charge >= 0.3 is 0 Å². The molecular formula is C20H18N3O5S-. The van der Waals surface area contributed by atoms with E-state index in [9.17, 15) is 14.7 Å². The van der Waals surface area contributed by atoms with Crippen molar-refractivity contribution >= 4 is 35.0 Å². The summed E-state index contributed by atoms with van der Waals surface area (Å²) in [7, 11) is 1.55. The monoisotopic (exact) mass is 412 g/mol. The lowest BCUT2D eigenvalue weighted by Crippen LogP contribution is -2.31. The number of hydrogen-bond acceptors (Lipinski definition) is 8. The van der Waals surface area contributed by atoms with Crippen molar-refractivity contribution in [1.82, 2.24) is 5.32 Å². The summed E-state index contributed by atoms with van der Waals surface area (Å²) in [6.07, 6.45) is 1.10. The quantitative estimate of drug-likeness (QED) is 0.517. The van der Waals surface area contributed by atoms with Crippen molar-refractivity contribution < 1.29 is 24.2 Å². The predicted molar refractivity (Wildman–Crippen MR) is 108 cm³/mol. The Balaban J connectivity index is 1.73. The third-order valence-electron chi connectivity index (χ3n) is 3.93. The maximum Gasteiger partial charge on any atom is 0.239 e. The second kappa shape index (κ2) is 9.74. The third kappa shape index (κ3) is 5.58. The molecule has 0 aliphatic carbocycles. The van der Waals surface area contributed by atoms with E-state index in [-0.39, 0.29) is 11.6 Å². The molecule has 1 heterocycles. The van der Waals surface area contributed by atoms with Crippen LogP contribution in [0.1, 0.15) is 17.5 Å². The normalized spacial score (nSPS) is 17.5. The Morgan fingerprint density at radius 3 is 2.76 bits per heavy atom. The number of amidine groups is 1. The van der Waals surface area contributed by atoms with Crippen molar-refractivity contribution in [3.05, 3.63) is 59.7 Å². The Kier molecular flexibility index (Phi) is 6.85. The van der Waals surface area contributed by atoms with Crippen LogP contribution >= 0.6 is 11.8 Å². The average Bonchev–Trinajstić information content (AvgIpc) is 3.06. The van der Waals surface area contributed by atoms with E-state index < -0.39 is 17.1 Å². The Morgan fingerprint density at radius 1 is 1.24 bits per heavy atom. The van der Waals surface area contributed by atoms with E-state index in [2.05, 4.69) is 15.5 Å². The average molecular weight is 412 g/mol. The van der Waals surface area contributed by atoms with Crippen LogP contribution in [-0.4, -0.2) is 35.6 Å². The lowest BCUT2D eigenvalue weighted by atomic mass is 10.2. The van der Waals surface area contributed by atoms with Gasteiger partial charge < -0.3 is 24.7 Å².